The fraction of sp³-hybridized carbons (Fsp3) is 0.733. The van der Waals surface area contributed by atoms with Crippen LogP contribution in [0.1, 0.15) is 46.5 Å². The van der Waals surface area contributed by atoms with Crippen LogP contribution < -0.4 is 5.32 Å². The molecule has 0 radical (unpaired) electrons. The summed E-state index contributed by atoms with van der Waals surface area (Å²) in [6.07, 6.45) is 6.64. The Labute approximate surface area is 120 Å². The summed E-state index contributed by atoms with van der Waals surface area (Å²) in [7, 11) is 0. The number of rotatable bonds is 3. The number of hydrogen-bond acceptors (Lipinski definition) is 3. The molecule has 0 aromatic carbocycles. The molecule has 0 heterocycles. The highest BCUT2D eigenvalue weighted by atomic mass is 16.6. The van der Waals surface area contributed by atoms with Gasteiger partial charge in [-0.2, -0.15) is 0 Å². The molecule has 0 aromatic rings. The van der Waals surface area contributed by atoms with Crippen molar-refractivity contribution < 1.29 is 19.4 Å². The second-order valence-electron chi connectivity index (χ2n) is 6.21. The van der Waals surface area contributed by atoms with Gasteiger partial charge in [-0.3, -0.25) is 4.79 Å². The zero-order valence-electron chi connectivity index (χ0n) is 12.5. The van der Waals surface area contributed by atoms with Gasteiger partial charge in [-0.15, -0.1) is 0 Å². The Morgan fingerprint density at radius 2 is 1.85 bits per heavy atom. The summed E-state index contributed by atoms with van der Waals surface area (Å²) in [6, 6.07) is 0. The smallest absolute Gasteiger partial charge is 0.407 e. The predicted octanol–water partition coefficient (Wildman–Crippen LogP) is 2.96. The molecule has 0 spiro atoms. The Hall–Kier alpha value is -1.52. The van der Waals surface area contributed by atoms with E-state index in [1.807, 2.05) is 6.08 Å². The van der Waals surface area contributed by atoms with E-state index < -0.39 is 23.6 Å². The Morgan fingerprint density at radius 3 is 2.40 bits per heavy atom. The lowest BCUT2D eigenvalue weighted by Gasteiger charge is -2.26. The third-order valence-electron chi connectivity index (χ3n) is 3.31. The Balaban J connectivity index is 2.55. The average molecular weight is 283 g/mol. The van der Waals surface area contributed by atoms with Gasteiger partial charge in [0.1, 0.15) is 5.60 Å². The summed E-state index contributed by atoms with van der Waals surface area (Å²) in [5.41, 5.74) is -0.542. The number of hydrogen-bond donors (Lipinski definition) is 2. The van der Waals surface area contributed by atoms with E-state index in [2.05, 4.69) is 11.4 Å². The van der Waals surface area contributed by atoms with Crippen LogP contribution in [0, 0.1) is 11.8 Å². The first-order chi connectivity index (χ1) is 9.29. The van der Waals surface area contributed by atoms with Crippen molar-refractivity contribution in [3.8, 4) is 0 Å². The third kappa shape index (κ3) is 6.08. The molecular formula is C15H25NO4. The molecule has 2 N–H and O–H groups in total. The number of nitrogens with one attached hydrogen (secondary N) is 1. The average Bonchev–Trinajstić information content (AvgIpc) is 2.24. The molecule has 2 atom stereocenters. The molecule has 1 unspecified atom stereocenters. The Morgan fingerprint density at radius 1 is 1.25 bits per heavy atom. The summed E-state index contributed by atoms with van der Waals surface area (Å²) in [6.45, 7) is 5.74. The molecule has 0 bridgehead atoms. The lowest BCUT2D eigenvalue weighted by Crippen LogP contribution is -2.38. The number of aliphatic carboxylic acids is 1. The van der Waals surface area contributed by atoms with E-state index in [-0.39, 0.29) is 5.92 Å². The number of carbonyl (C=O) groups excluding carboxylic acids is 1. The Kier molecular flexibility index (Phi) is 6.05. The standard InChI is InChI=1S/C15H25NO4/c1-15(2,3)20-14(19)16-10-11-8-6-4-5-7-9-12(11)13(17)18/h4-5,11-12H,6-10H2,1-3H3,(H,16,19)(H,17,18)/b5-4-/t11?,12-/m0/s1. The lowest BCUT2D eigenvalue weighted by atomic mass is 9.83. The van der Waals surface area contributed by atoms with Crippen LogP contribution in [0.2, 0.25) is 0 Å². The summed E-state index contributed by atoms with van der Waals surface area (Å²) in [4.78, 5) is 23.0. The van der Waals surface area contributed by atoms with Gasteiger partial charge in [-0.1, -0.05) is 12.2 Å². The molecule has 0 saturated heterocycles. The maximum Gasteiger partial charge on any atom is 0.407 e. The fourth-order valence-corrected chi connectivity index (χ4v) is 2.36. The molecule has 20 heavy (non-hydrogen) atoms. The highest BCUT2D eigenvalue weighted by molar-refractivity contribution is 5.71. The van der Waals surface area contributed by atoms with Crippen molar-refractivity contribution in [1.29, 1.82) is 0 Å². The molecule has 5 heteroatoms. The molecule has 5 nitrogen and oxygen atoms in total. The number of ether oxygens (including phenoxy) is 1. The van der Waals surface area contributed by atoms with Crippen molar-refractivity contribution in [3.05, 3.63) is 12.2 Å². The van der Waals surface area contributed by atoms with Gasteiger partial charge in [-0.25, -0.2) is 4.79 Å². The highest BCUT2D eigenvalue weighted by Crippen LogP contribution is 2.25. The first-order valence-corrected chi connectivity index (χ1v) is 7.14. The first kappa shape index (κ1) is 16.5. The largest absolute Gasteiger partial charge is 0.481 e. The minimum atomic E-state index is -0.781. The number of alkyl carbamates (subject to hydrolysis) is 1. The molecule has 0 fully saturated rings. The molecule has 1 aliphatic rings. The van der Waals surface area contributed by atoms with Crippen LogP contribution >= 0.6 is 0 Å². The minimum Gasteiger partial charge on any atom is -0.481 e. The summed E-state index contributed by atoms with van der Waals surface area (Å²) in [5, 5.41) is 12.0. The van der Waals surface area contributed by atoms with E-state index in [4.69, 9.17) is 4.74 Å². The zero-order valence-corrected chi connectivity index (χ0v) is 12.5. The molecule has 0 aliphatic heterocycles. The van der Waals surface area contributed by atoms with Gasteiger partial charge in [0.05, 0.1) is 5.92 Å². The number of carboxylic acids is 1. The van der Waals surface area contributed by atoms with Crippen molar-refractivity contribution in [1.82, 2.24) is 5.32 Å². The van der Waals surface area contributed by atoms with E-state index in [1.54, 1.807) is 20.8 Å². The molecule has 1 aliphatic carbocycles. The normalized spacial score (nSPS) is 25.1. The minimum absolute atomic E-state index is 0.0510. The van der Waals surface area contributed by atoms with Gasteiger partial charge >= 0.3 is 12.1 Å². The monoisotopic (exact) mass is 283 g/mol. The van der Waals surface area contributed by atoms with Crippen molar-refractivity contribution in [3.63, 3.8) is 0 Å². The van der Waals surface area contributed by atoms with E-state index in [0.717, 1.165) is 19.3 Å². The van der Waals surface area contributed by atoms with Crippen molar-refractivity contribution >= 4 is 12.1 Å². The second kappa shape index (κ2) is 7.31. The van der Waals surface area contributed by atoms with Crippen LogP contribution in [0.5, 0.6) is 0 Å². The number of carbonyl (C=O) groups is 2. The van der Waals surface area contributed by atoms with E-state index in [0.29, 0.717) is 13.0 Å². The fourth-order valence-electron chi connectivity index (χ4n) is 2.36. The lowest BCUT2D eigenvalue weighted by molar-refractivity contribution is -0.144. The van der Waals surface area contributed by atoms with Crippen LogP contribution in [0.4, 0.5) is 4.79 Å². The van der Waals surface area contributed by atoms with Crippen LogP contribution in [-0.4, -0.2) is 29.3 Å². The van der Waals surface area contributed by atoms with Gasteiger partial charge in [0.25, 0.3) is 0 Å². The van der Waals surface area contributed by atoms with Crippen molar-refractivity contribution in [2.45, 2.75) is 52.1 Å². The van der Waals surface area contributed by atoms with E-state index in [1.165, 1.54) is 0 Å². The zero-order chi connectivity index (χ0) is 15.2. The van der Waals surface area contributed by atoms with Gasteiger partial charge in [0, 0.05) is 6.54 Å². The van der Waals surface area contributed by atoms with Crippen LogP contribution in [0.25, 0.3) is 0 Å². The molecule has 114 valence electrons. The predicted molar refractivity (Wildman–Crippen MR) is 76.5 cm³/mol. The Bertz CT molecular complexity index is 371. The van der Waals surface area contributed by atoms with Gasteiger partial charge < -0.3 is 15.2 Å². The molecule has 0 saturated carbocycles. The van der Waals surface area contributed by atoms with E-state index >= 15 is 0 Å². The number of amides is 1. The molecule has 0 aromatic heterocycles. The van der Waals surface area contributed by atoms with Crippen molar-refractivity contribution in [2.24, 2.45) is 11.8 Å². The van der Waals surface area contributed by atoms with E-state index in [9.17, 15) is 14.7 Å². The molecule has 1 rings (SSSR count). The topological polar surface area (TPSA) is 75.6 Å². The molecular weight excluding hydrogens is 258 g/mol. The quantitative estimate of drug-likeness (QED) is 0.781. The van der Waals surface area contributed by atoms with Gasteiger partial charge in [0.15, 0.2) is 0 Å². The first-order valence-electron chi connectivity index (χ1n) is 7.14. The number of carboxylic acid groups (broad SMARTS) is 1. The van der Waals surface area contributed by atoms with Crippen molar-refractivity contribution in [2.75, 3.05) is 6.54 Å². The number of allylic oxidation sites excluding steroid dienone is 2. The van der Waals surface area contributed by atoms with Crippen LogP contribution in [0.3, 0.4) is 0 Å². The van der Waals surface area contributed by atoms with Gasteiger partial charge in [-0.05, 0) is 52.4 Å². The van der Waals surface area contributed by atoms with Gasteiger partial charge in [0.2, 0.25) is 0 Å². The SMILES string of the molecule is CC(C)(C)OC(=O)NCC1CC/C=C\CC[C@@H]1C(=O)O. The summed E-state index contributed by atoms with van der Waals surface area (Å²) >= 11 is 0. The summed E-state index contributed by atoms with van der Waals surface area (Å²) < 4.78 is 5.17. The third-order valence-corrected chi connectivity index (χ3v) is 3.31. The maximum absolute atomic E-state index is 11.6. The summed E-state index contributed by atoms with van der Waals surface area (Å²) in [5.74, 6) is -1.24. The molecule has 1 amide bonds. The maximum atomic E-state index is 11.6. The van der Waals surface area contributed by atoms with Crippen LogP contribution in [0.15, 0.2) is 12.2 Å². The highest BCUT2D eigenvalue weighted by Gasteiger charge is 2.28. The van der Waals surface area contributed by atoms with Crippen LogP contribution in [-0.2, 0) is 9.53 Å². The second-order valence-corrected chi connectivity index (χ2v) is 6.21.